The molecule has 2 aliphatic heterocycles. The van der Waals surface area contributed by atoms with Crippen molar-refractivity contribution in [1.29, 1.82) is 0 Å². The molecule has 0 unspecified atom stereocenters. The van der Waals surface area contributed by atoms with Crippen molar-refractivity contribution in [3.8, 4) is 0 Å². The monoisotopic (exact) mass is 550 g/mol. The van der Waals surface area contributed by atoms with E-state index in [2.05, 4.69) is 17.0 Å². The fourth-order valence-corrected chi connectivity index (χ4v) is 6.16. The Labute approximate surface area is 230 Å². The van der Waals surface area contributed by atoms with Crippen LogP contribution >= 0.6 is 22.9 Å². The Bertz CT molecular complexity index is 1530. The summed E-state index contributed by atoms with van der Waals surface area (Å²) in [5.74, 6) is -0.107. The number of amides is 1. The van der Waals surface area contributed by atoms with Gasteiger partial charge in [-0.05, 0) is 62.2 Å². The van der Waals surface area contributed by atoms with E-state index >= 15 is 0 Å². The zero-order valence-electron chi connectivity index (χ0n) is 21.8. The van der Waals surface area contributed by atoms with Crippen LogP contribution in [-0.2, 0) is 9.53 Å². The smallest absolute Gasteiger partial charge is 0.271 e. The average molecular weight is 551 g/mol. The number of benzene rings is 2. The summed E-state index contributed by atoms with van der Waals surface area (Å²) in [5, 5.41) is 0.596. The zero-order chi connectivity index (χ0) is 26.8. The molecule has 5 rings (SSSR count). The number of ether oxygens (including phenoxy) is 1. The number of rotatable bonds is 6. The lowest BCUT2D eigenvalue weighted by molar-refractivity contribution is -0.127. The lowest BCUT2D eigenvalue weighted by Crippen LogP contribution is -2.43. The maximum atomic E-state index is 13.9. The van der Waals surface area contributed by atoms with Crippen LogP contribution in [0.25, 0.3) is 6.08 Å². The molecule has 1 saturated heterocycles. The van der Waals surface area contributed by atoms with Crippen LogP contribution in [0.3, 0.4) is 0 Å². The molecule has 0 aliphatic carbocycles. The zero-order valence-corrected chi connectivity index (χ0v) is 23.4. The van der Waals surface area contributed by atoms with Crippen LogP contribution in [-0.4, -0.2) is 54.8 Å². The molecule has 1 fully saturated rings. The van der Waals surface area contributed by atoms with Crippen LogP contribution < -0.4 is 19.8 Å². The standard InChI is InChI=1S/C29H31ClN4O3S/c1-4-32(5-2)28(36)25-19(3)31-29-34(26(25)21-8-10-22(30)11-9-21)27(35)24(38-29)18-20-6-12-23(13-7-20)33-14-16-37-17-15-33/h6-13,18,26H,4-5,14-17H2,1-3H3/b24-18-/t26-/m1/s1. The molecule has 3 heterocycles. The number of allylic oxidation sites excluding steroid dienone is 1. The Balaban J connectivity index is 1.59. The molecule has 1 atom stereocenters. The van der Waals surface area contributed by atoms with Crippen LogP contribution in [0.15, 0.2) is 69.6 Å². The fourth-order valence-electron chi connectivity index (χ4n) is 4.99. The maximum absolute atomic E-state index is 13.9. The third-order valence-corrected chi connectivity index (χ3v) is 8.29. The van der Waals surface area contributed by atoms with E-state index in [-0.39, 0.29) is 11.5 Å². The molecule has 38 heavy (non-hydrogen) atoms. The third kappa shape index (κ3) is 5.08. The van der Waals surface area contributed by atoms with Gasteiger partial charge in [0.15, 0.2) is 4.80 Å². The number of hydrogen-bond acceptors (Lipinski definition) is 6. The SMILES string of the molecule is CCN(CC)C(=O)C1=C(C)N=c2s/c(=C\c3ccc(N4CCOCC4)cc3)c(=O)n2[C@@H]1c1ccc(Cl)cc1. The number of thiazole rings is 1. The Morgan fingerprint density at radius 2 is 1.76 bits per heavy atom. The van der Waals surface area contributed by atoms with Crippen LogP contribution in [0.4, 0.5) is 5.69 Å². The van der Waals surface area contributed by atoms with Gasteiger partial charge in [-0.15, -0.1) is 0 Å². The van der Waals surface area contributed by atoms with Gasteiger partial charge >= 0.3 is 0 Å². The highest BCUT2D eigenvalue weighted by Crippen LogP contribution is 2.31. The summed E-state index contributed by atoms with van der Waals surface area (Å²) < 4.78 is 7.69. The summed E-state index contributed by atoms with van der Waals surface area (Å²) in [5.41, 5.74) is 3.88. The first kappa shape index (κ1) is 26.4. The molecule has 9 heteroatoms. The van der Waals surface area contributed by atoms with Crippen molar-refractivity contribution in [3.63, 3.8) is 0 Å². The molecule has 0 spiro atoms. The quantitative estimate of drug-likeness (QED) is 0.470. The van der Waals surface area contributed by atoms with Crippen molar-refractivity contribution in [2.75, 3.05) is 44.3 Å². The summed E-state index contributed by atoms with van der Waals surface area (Å²) in [6.07, 6.45) is 1.90. The molecule has 0 saturated carbocycles. The summed E-state index contributed by atoms with van der Waals surface area (Å²) in [7, 11) is 0. The van der Waals surface area contributed by atoms with Crippen LogP contribution in [0, 0.1) is 0 Å². The highest BCUT2D eigenvalue weighted by molar-refractivity contribution is 7.07. The maximum Gasteiger partial charge on any atom is 0.271 e. The predicted octanol–water partition coefficient (Wildman–Crippen LogP) is 3.59. The third-order valence-electron chi connectivity index (χ3n) is 7.06. The van der Waals surface area contributed by atoms with E-state index in [1.807, 2.05) is 51.1 Å². The number of aromatic nitrogens is 1. The molecule has 0 bridgehead atoms. The topological polar surface area (TPSA) is 67.1 Å². The van der Waals surface area contributed by atoms with E-state index in [9.17, 15) is 9.59 Å². The Kier molecular flexibility index (Phi) is 7.83. The lowest BCUT2D eigenvalue weighted by Gasteiger charge is -2.29. The minimum Gasteiger partial charge on any atom is -0.378 e. The number of fused-ring (bicyclic) bond motifs is 1. The van der Waals surface area contributed by atoms with Crippen LogP contribution in [0.1, 0.15) is 37.9 Å². The molecule has 0 N–H and O–H groups in total. The molecular formula is C29H31ClN4O3S. The first-order valence-electron chi connectivity index (χ1n) is 12.9. The second-order valence-electron chi connectivity index (χ2n) is 9.30. The summed E-state index contributed by atoms with van der Waals surface area (Å²) in [6.45, 7) is 10.1. The van der Waals surface area contributed by atoms with Gasteiger partial charge in [-0.25, -0.2) is 4.99 Å². The van der Waals surface area contributed by atoms with Gasteiger partial charge in [-0.2, -0.15) is 0 Å². The Morgan fingerprint density at radius 3 is 2.39 bits per heavy atom. The van der Waals surface area contributed by atoms with Gasteiger partial charge in [-0.1, -0.05) is 47.2 Å². The van der Waals surface area contributed by atoms with Gasteiger partial charge in [0.25, 0.3) is 11.5 Å². The highest BCUT2D eigenvalue weighted by atomic mass is 35.5. The molecule has 1 amide bonds. The highest BCUT2D eigenvalue weighted by Gasteiger charge is 2.34. The molecule has 0 radical (unpaired) electrons. The van der Waals surface area contributed by atoms with Gasteiger partial charge in [0.1, 0.15) is 0 Å². The van der Waals surface area contributed by atoms with E-state index in [0.717, 1.165) is 43.1 Å². The molecule has 1 aromatic heterocycles. The summed E-state index contributed by atoms with van der Waals surface area (Å²) >= 11 is 7.52. The number of carbonyl (C=O) groups excluding carboxylic acids is 1. The van der Waals surface area contributed by atoms with Crippen molar-refractivity contribution in [2.45, 2.75) is 26.8 Å². The van der Waals surface area contributed by atoms with Crippen LogP contribution in [0.2, 0.25) is 5.02 Å². The Morgan fingerprint density at radius 1 is 1.11 bits per heavy atom. The first-order valence-corrected chi connectivity index (χ1v) is 14.1. The number of likely N-dealkylation sites (N-methyl/N-ethyl adjacent to an activating group) is 1. The second kappa shape index (κ2) is 11.3. The molecule has 2 aromatic carbocycles. The number of anilines is 1. The lowest BCUT2D eigenvalue weighted by atomic mass is 9.94. The predicted molar refractivity (Wildman–Crippen MR) is 153 cm³/mol. The molecule has 3 aromatic rings. The van der Waals surface area contributed by atoms with Crippen molar-refractivity contribution >= 4 is 40.6 Å². The van der Waals surface area contributed by atoms with Crippen molar-refractivity contribution in [3.05, 3.63) is 95.6 Å². The van der Waals surface area contributed by atoms with Gasteiger partial charge in [-0.3, -0.25) is 14.2 Å². The van der Waals surface area contributed by atoms with Crippen molar-refractivity contribution < 1.29 is 9.53 Å². The van der Waals surface area contributed by atoms with Crippen LogP contribution in [0.5, 0.6) is 0 Å². The second-order valence-corrected chi connectivity index (χ2v) is 10.7. The van der Waals surface area contributed by atoms with Gasteiger partial charge < -0.3 is 14.5 Å². The summed E-state index contributed by atoms with van der Waals surface area (Å²) in [6, 6.07) is 15.0. The van der Waals surface area contributed by atoms with Gasteiger partial charge in [0.2, 0.25) is 0 Å². The van der Waals surface area contributed by atoms with E-state index in [0.29, 0.717) is 38.7 Å². The van der Waals surface area contributed by atoms with Crippen molar-refractivity contribution in [1.82, 2.24) is 9.47 Å². The number of halogens is 1. The number of carbonyl (C=O) groups is 1. The molecular weight excluding hydrogens is 520 g/mol. The van der Waals surface area contributed by atoms with Gasteiger partial charge in [0.05, 0.1) is 35.1 Å². The normalized spacial score (nSPS) is 17.8. The number of nitrogens with zero attached hydrogens (tertiary/aromatic N) is 4. The van der Waals surface area contributed by atoms with E-state index in [1.54, 1.807) is 21.6 Å². The van der Waals surface area contributed by atoms with Crippen molar-refractivity contribution in [2.24, 2.45) is 4.99 Å². The molecule has 2 aliphatic rings. The first-order chi connectivity index (χ1) is 18.4. The minimum atomic E-state index is -0.581. The number of hydrogen-bond donors (Lipinski definition) is 0. The molecule has 7 nitrogen and oxygen atoms in total. The summed E-state index contributed by atoms with van der Waals surface area (Å²) in [4.78, 5) is 36.9. The average Bonchev–Trinajstić information content (AvgIpc) is 3.24. The van der Waals surface area contributed by atoms with E-state index < -0.39 is 6.04 Å². The molecule has 198 valence electrons. The van der Waals surface area contributed by atoms with E-state index in [4.69, 9.17) is 21.3 Å². The largest absolute Gasteiger partial charge is 0.378 e. The van der Waals surface area contributed by atoms with E-state index in [1.165, 1.54) is 11.3 Å². The number of morpholine rings is 1. The Hall–Kier alpha value is -3.20. The minimum absolute atomic E-state index is 0.107. The van der Waals surface area contributed by atoms with Gasteiger partial charge in [0, 0.05) is 36.9 Å². The fraction of sp³-hybridized carbons (Fsp3) is 0.345.